The summed E-state index contributed by atoms with van der Waals surface area (Å²) in [7, 11) is 0. The maximum absolute atomic E-state index is 12.3. The molecule has 0 aliphatic heterocycles. The first-order valence-corrected chi connectivity index (χ1v) is 11.2. The Morgan fingerprint density at radius 1 is 0.970 bits per heavy atom. The highest BCUT2D eigenvalue weighted by molar-refractivity contribution is 6.32. The number of nitrogens with zero attached hydrogens (tertiary/aromatic N) is 1. The van der Waals surface area contributed by atoms with E-state index in [-0.39, 0.29) is 12.5 Å². The summed E-state index contributed by atoms with van der Waals surface area (Å²) < 4.78 is 17.0. The second-order valence-corrected chi connectivity index (χ2v) is 7.68. The molecule has 0 aliphatic carbocycles. The molecule has 8 heteroatoms. The molecule has 3 rings (SSSR count). The second-order valence-electron chi connectivity index (χ2n) is 6.84. The minimum atomic E-state index is -0.341. The Kier molecular flexibility index (Phi) is 8.98. The number of hydrogen-bond donors (Lipinski definition) is 1. The Balaban J connectivity index is 1.68. The van der Waals surface area contributed by atoms with Crippen LogP contribution in [0.3, 0.4) is 0 Å². The largest absolute Gasteiger partial charge is 0.494 e. The summed E-state index contributed by atoms with van der Waals surface area (Å²) in [6.45, 7) is 5.04. The average molecular weight is 487 g/mol. The van der Waals surface area contributed by atoms with Crippen LogP contribution in [0.4, 0.5) is 0 Å². The van der Waals surface area contributed by atoms with Gasteiger partial charge in [-0.25, -0.2) is 5.43 Å². The van der Waals surface area contributed by atoms with Crippen LogP contribution in [0.15, 0.2) is 65.8 Å². The van der Waals surface area contributed by atoms with Crippen molar-refractivity contribution in [1.29, 1.82) is 0 Å². The van der Waals surface area contributed by atoms with Gasteiger partial charge >= 0.3 is 0 Å². The molecule has 6 nitrogen and oxygen atoms in total. The number of nitrogens with one attached hydrogen (secondary N) is 1. The highest BCUT2D eigenvalue weighted by Crippen LogP contribution is 2.37. The summed E-state index contributed by atoms with van der Waals surface area (Å²) in [5.74, 6) is 1.26. The van der Waals surface area contributed by atoms with Gasteiger partial charge in [0, 0.05) is 10.6 Å². The SMILES string of the molecule is CCOc1ccc(C(=O)N/N=C\c2cc(Cl)c(OCc3cccc(Cl)c3)c(OCC)c2)cc1. The van der Waals surface area contributed by atoms with Crippen molar-refractivity contribution in [3.05, 3.63) is 87.4 Å². The van der Waals surface area contributed by atoms with E-state index in [0.717, 1.165) is 5.56 Å². The Labute approximate surface area is 203 Å². The molecule has 1 N–H and O–H groups in total. The summed E-state index contributed by atoms with van der Waals surface area (Å²) >= 11 is 12.5. The first kappa shape index (κ1) is 24.4. The fourth-order valence-electron chi connectivity index (χ4n) is 2.95. The van der Waals surface area contributed by atoms with Gasteiger partial charge in [-0.1, -0.05) is 35.3 Å². The van der Waals surface area contributed by atoms with Crippen LogP contribution < -0.4 is 19.6 Å². The molecule has 0 atom stereocenters. The van der Waals surface area contributed by atoms with E-state index in [9.17, 15) is 4.79 Å². The third kappa shape index (κ3) is 7.14. The minimum Gasteiger partial charge on any atom is -0.494 e. The molecule has 0 aliphatic rings. The van der Waals surface area contributed by atoms with Crippen molar-refractivity contribution >= 4 is 35.3 Å². The van der Waals surface area contributed by atoms with Gasteiger partial charge in [0.25, 0.3) is 5.91 Å². The van der Waals surface area contributed by atoms with Crippen LogP contribution >= 0.6 is 23.2 Å². The van der Waals surface area contributed by atoms with Crippen LogP contribution in [-0.4, -0.2) is 25.3 Å². The topological polar surface area (TPSA) is 69.2 Å². The summed E-state index contributed by atoms with van der Waals surface area (Å²) in [4.78, 5) is 12.3. The number of hydrazone groups is 1. The molecule has 0 saturated heterocycles. The van der Waals surface area contributed by atoms with Gasteiger partial charge in [-0.2, -0.15) is 5.10 Å². The predicted octanol–water partition coefficient (Wildman–Crippen LogP) is 6.13. The number of benzene rings is 3. The zero-order valence-corrected chi connectivity index (χ0v) is 19.8. The van der Waals surface area contributed by atoms with Crippen molar-refractivity contribution in [3.63, 3.8) is 0 Å². The lowest BCUT2D eigenvalue weighted by Gasteiger charge is -2.14. The minimum absolute atomic E-state index is 0.284. The quantitative estimate of drug-likeness (QED) is 0.276. The first-order valence-electron chi connectivity index (χ1n) is 10.4. The number of ether oxygens (including phenoxy) is 3. The van der Waals surface area contributed by atoms with Crippen molar-refractivity contribution < 1.29 is 19.0 Å². The highest BCUT2D eigenvalue weighted by atomic mass is 35.5. The third-order valence-electron chi connectivity index (χ3n) is 4.41. The van der Waals surface area contributed by atoms with Crippen molar-refractivity contribution in [2.75, 3.05) is 13.2 Å². The number of halogens is 2. The standard InChI is InChI=1S/C25H24Cl2N2O4/c1-3-31-21-10-8-19(9-11-21)25(30)29-28-15-18-13-22(27)24(23(14-18)32-4-2)33-16-17-6-5-7-20(26)12-17/h5-15H,3-4,16H2,1-2H3,(H,29,30)/b28-15-. The summed E-state index contributed by atoms with van der Waals surface area (Å²) in [5, 5.41) is 5.02. The summed E-state index contributed by atoms with van der Waals surface area (Å²) in [5.41, 5.74) is 4.51. The zero-order chi connectivity index (χ0) is 23.6. The number of hydrogen-bond acceptors (Lipinski definition) is 5. The monoisotopic (exact) mass is 486 g/mol. The molecule has 1 amide bonds. The van der Waals surface area contributed by atoms with Crippen molar-refractivity contribution in [1.82, 2.24) is 5.43 Å². The molecule has 0 saturated carbocycles. The molecular formula is C25H24Cl2N2O4. The van der Waals surface area contributed by atoms with E-state index in [4.69, 9.17) is 37.4 Å². The van der Waals surface area contributed by atoms with Crippen molar-refractivity contribution in [2.45, 2.75) is 20.5 Å². The zero-order valence-electron chi connectivity index (χ0n) is 18.3. The molecule has 3 aromatic rings. The molecular weight excluding hydrogens is 463 g/mol. The number of carbonyl (C=O) groups is 1. The van der Waals surface area contributed by atoms with E-state index >= 15 is 0 Å². The van der Waals surface area contributed by atoms with Gasteiger partial charge in [0.05, 0.1) is 24.5 Å². The summed E-state index contributed by atoms with van der Waals surface area (Å²) in [6, 6.07) is 17.6. The van der Waals surface area contributed by atoms with E-state index < -0.39 is 0 Å². The number of amides is 1. The lowest BCUT2D eigenvalue weighted by Crippen LogP contribution is -2.17. The van der Waals surface area contributed by atoms with Crippen LogP contribution in [-0.2, 0) is 6.61 Å². The number of carbonyl (C=O) groups excluding carboxylic acids is 1. The number of rotatable bonds is 10. The molecule has 3 aromatic carbocycles. The molecule has 0 bridgehead atoms. The first-order chi connectivity index (χ1) is 16.0. The van der Waals surface area contributed by atoms with E-state index in [2.05, 4.69) is 10.5 Å². The van der Waals surface area contributed by atoms with Gasteiger partial charge < -0.3 is 14.2 Å². The lowest BCUT2D eigenvalue weighted by atomic mass is 10.2. The fourth-order valence-corrected chi connectivity index (χ4v) is 3.43. The van der Waals surface area contributed by atoms with Crippen LogP contribution in [0, 0.1) is 0 Å². The van der Waals surface area contributed by atoms with Gasteiger partial charge in [-0.15, -0.1) is 0 Å². The molecule has 0 aromatic heterocycles. The average Bonchev–Trinajstić information content (AvgIpc) is 2.79. The van der Waals surface area contributed by atoms with Crippen LogP contribution in [0.5, 0.6) is 17.2 Å². The van der Waals surface area contributed by atoms with E-state index in [1.165, 1.54) is 6.21 Å². The molecule has 0 radical (unpaired) electrons. The maximum Gasteiger partial charge on any atom is 0.271 e. The smallest absolute Gasteiger partial charge is 0.271 e. The van der Waals surface area contributed by atoms with E-state index in [1.807, 2.05) is 32.0 Å². The highest BCUT2D eigenvalue weighted by Gasteiger charge is 2.13. The maximum atomic E-state index is 12.3. The van der Waals surface area contributed by atoms with Crippen LogP contribution in [0.1, 0.15) is 35.3 Å². The van der Waals surface area contributed by atoms with E-state index in [1.54, 1.807) is 42.5 Å². The predicted molar refractivity (Wildman–Crippen MR) is 131 cm³/mol. The second kappa shape index (κ2) is 12.1. The van der Waals surface area contributed by atoms with Crippen LogP contribution in [0.2, 0.25) is 10.0 Å². The molecule has 0 unspecified atom stereocenters. The van der Waals surface area contributed by atoms with Crippen molar-refractivity contribution in [3.8, 4) is 17.2 Å². The Morgan fingerprint density at radius 3 is 2.42 bits per heavy atom. The van der Waals surface area contributed by atoms with Gasteiger partial charge in [0.15, 0.2) is 11.5 Å². The Hall–Kier alpha value is -3.22. The molecule has 0 heterocycles. The van der Waals surface area contributed by atoms with E-state index in [0.29, 0.717) is 51.6 Å². The van der Waals surface area contributed by atoms with Gasteiger partial charge in [0.1, 0.15) is 12.4 Å². The van der Waals surface area contributed by atoms with Gasteiger partial charge in [0.2, 0.25) is 0 Å². The Morgan fingerprint density at radius 2 is 1.73 bits per heavy atom. The van der Waals surface area contributed by atoms with Gasteiger partial charge in [-0.3, -0.25) is 4.79 Å². The third-order valence-corrected chi connectivity index (χ3v) is 4.93. The fraction of sp³-hybridized carbons (Fsp3) is 0.200. The van der Waals surface area contributed by atoms with Crippen LogP contribution in [0.25, 0.3) is 0 Å². The van der Waals surface area contributed by atoms with Crippen molar-refractivity contribution in [2.24, 2.45) is 5.10 Å². The molecule has 0 spiro atoms. The molecule has 172 valence electrons. The molecule has 0 fully saturated rings. The summed E-state index contributed by atoms with van der Waals surface area (Å²) in [6.07, 6.45) is 1.49. The molecule has 33 heavy (non-hydrogen) atoms. The van der Waals surface area contributed by atoms with Gasteiger partial charge in [-0.05, 0) is 73.5 Å². The Bertz CT molecular complexity index is 1120. The normalized spacial score (nSPS) is 10.8. The lowest BCUT2D eigenvalue weighted by molar-refractivity contribution is 0.0955.